The summed E-state index contributed by atoms with van der Waals surface area (Å²) in [5, 5.41) is 0.152. The van der Waals surface area contributed by atoms with Crippen LogP contribution < -0.4 is 5.73 Å². The predicted octanol–water partition coefficient (Wildman–Crippen LogP) is 0.181. The second kappa shape index (κ2) is 4.99. The maximum absolute atomic E-state index is 12.4. The van der Waals surface area contributed by atoms with E-state index in [4.69, 9.17) is 5.73 Å². The Morgan fingerprint density at radius 2 is 2.28 bits per heavy atom. The van der Waals surface area contributed by atoms with Crippen LogP contribution in [0.1, 0.15) is 19.2 Å². The molecular formula is C11H20N4O2S. The van der Waals surface area contributed by atoms with Gasteiger partial charge >= 0.3 is 0 Å². The molecule has 102 valence electrons. The fourth-order valence-corrected chi connectivity index (χ4v) is 3.79. The predicted molar refractivity (Wildman–Crippen MR) is 68.6 cm³/mol. The van der Waals surface area contributed by atoms with Crippen molar-refractivity contribution in [3.8, 4) is 0 Å². The van der Waals surface area contributed by atoms with Crippen molar-refractivity contribution in [2.45, 2.75) is 31.8 Å². The highest BCUT2D eigenvalue weighted by Crippen LogP contribution is 2.23. The van der Waals surface area contributed by atoms with E-state index in [1.165, 1.54) is 4.31 Å². The normalized spacial score (nSPS) is 21.6. The number of rotatable bonds is 4. The zero-order valence-corrected chi connectivity index (χ0v) is 11.7. The van der Waals surface area contributed by atoms with Crippen molar-refractivity contribution < 1.29 is 8.42 Å². The number of sulfonamides is 1. The molecule has 1 saturated heterocycles. The highest BCUT2D eigenvalue weighted by atomic mass is 32.2. The van der Waals surface area contributed by atoms with Crippen molar-refractivity contribution in [1.82, 2.24) is 13.9 Å². The van der Waals surface area contributed by atoms with Gasteiger partial charge in [-0.25, -0.2) is 13.4 Å². The smallest absolute Gasteiger partial charge is 0.262 e. The standard InChI is InChI=1S/C11H20N4O2S/c1-3-14-8-11(13-9(14)2)18(16,17)15-5-4-10(6-12)7-15/h8,10H,3-7,12H2,1-2H3. The van der Waals surface area contributed by atoms with E-state index in [1.807, 2.05) is 18.4 Å². The van der Waals surface area contributed by atoms with Crippen molar-refractivity contribution in [1.29, 1.82) is 0 Å². The molecule has 1 aromatic rings. The lowest BCUT2D eigenvalue weighted by Crippen LogP contribution is -2.30. The minimum Gasteiger partial charge on any atom is -0.334 e. The van der Waals surface area contributed by atoms with Crippen molar-refractivity contribution in [2.75, 3.05) is 19.6 Å². The Morgan fingerprint density at radius 1 is 1.56 bits per heavy atom. The molecule has 0 saturated carbocycles. The van der Waals surface area contributed by atoms with Crippen molar-refractivity contribution in [2.24, 2.45) is 11.7 Å². The third-order valence-electron chi connectivity index (χ3n) is 3.48. The molecule has 2 N–H and O–H groups in total. The van der Waals surface area contributed by atoms with E-state index in [-0.39, 0.29) is 10.9 Å². The number of hydrogen-bond donors (Lipinski definition) is 1. The molecule has 1 aliphatic heterocycles. The van der Waals surface area contributed by atoms with Gasteiger partial charge in [-0.2, -0.15) is 4.31 Å². The van der Waals surface area contributed by atoms with Gasteiger partial charge in [0.1, 0.15) is 5.82 Å². The van der Waals surface area contributed by atoms with Crippen molar-refractivity contribution in [3.63, 3.8) is 0 Å². The summed E-state index contributed by atoms with van der Waals surface area (Å²) in [6.45, 7) is 6.09. The number of aryl methyl sites for hydroxylation is 2. The first-order chi connectivity index (χ1) is 8.48. The molecule has 1 fully saturated rings. The quantitative estimate of drug-likeness (QED) is 0.848. The minimum absolute atomic E-state index is 0.152. The van der Waals surface area contributed by atoms with Gasteiger partial charge in [0.2, 0.25) is 0 Å². The molecule has 1 atom stereocenters. The highest BCUT2D eigenvalue weighted by Gasteiger charge is 2.33. The molecule has 1 unspecified atom stereocenters. The summed E-state index contributed by atoms with van der Waals surface area (Å²) in [4.78, 5) is 4.15. The molecule has 2 heterocycles. The Labute approximate surface area is 108 Å². The number of nitrogens with two attached hydrogens (primary N) is 1. The summed E-state index contributed by atoms with van der Waals surface area (Å²) in [6.07, 6.45) is 2.45. The van der Waals surface area contributed by atoms with Gasteiger partial charge in [0.15, 0.2) is 5.03 Å². The maximum Gasteiger partial charge on any atom is 0.262 e. The Hall–Kier alpha value is -0.920. The lowest BCUT2D eigenvalue weighted by molar-refractivity contribution is 0.457. The largest absolute Gasteiger partial charge is 0.334 e. The number of nitrogens with zero attached hydrogens (tertiary/aromatic N) is 3. The van der Waals surface area contributed by atoms with Crippen LogP contribution >= 0.6 is 0 Å². The van der Waals surface area contributed by atoms with Gasteiger partial charge in [-0.3, -0.25) is 0 Å². The van der Waals surface area contributed by atoms with E-state index in [0.717, 1.165) is 18.8 Å². The van der Waals surface area contributed by atoms with Gasteiger partial charge in [0.25, 0.3) is 10.0 Å². The number of hydrogen-bond acceptors (Lipinski definition) is 4. The first-order valence-electron chi connectivity index (χ1n) is 6.23. The monoisotopic (exact) mass is 272 g/mol. The first kappa shape index (κ1) is 13.5. The zero-order chi connectivity index (χ0) is 13.3. The van der Waals surface area contributed by atoms with Gasteiger partial charge in [0.05, 0.1) is 0 Å². The maximum atomic E-state index is 12.4. The zero-order valence-electron chi connectivity index (χ0n) is 10.8. The van der Waals surface area contributed by atoms with E-state index in [1.54, 1.807) is 6.20 Å². The molecule has 7 heteroatoms. The molecule has 6 nitrogen and oxygen atoms in total. The number of aromatic nitrogens is 2. The van der Waals surface area contributed by atoms with Crippen LogP contribution in [0.15, 0.2) is 11.2 Å². The second-order valence-electron chi connectivity index (χ2n) is 4.67. The number of imidazole rings is 1. The Bertz CT molecular complexity index is 523. The lowest BCUT2D eigenvalue weighted by Gasteiger charge is -2.14. The fourth-order valence-electron chi connectivity index (χ4n) is 2.26. The molecule has 0 aliphatic carbocycles. The minimum atomic E-state index is -3.45. The van der Waals surface area contributed by atoms with E-state index in [2.05, 4.69) is 4.98 Å². The van der Waals surface area contributed by atoms with Gasteiger partial charge in [-0.15, -0.1) is 0 Å². The summed E-state index contributed by atoms with van der Waals surface area (Å²) < 4.78 is 28.1. The third kappa shape index (κ3) is 2.30. The topological polar surface area (TPSA) is 81.2 Å². The van der Waals surface area contributed by atoms with Gasteiger partial charge in [-0.1, -0.05) is 0 Å². The van der Waals surface area contributed by atoms with Crippen molar-refractivity contribution >= 4 is 10.0 Å². The molecule has 0 aromatic carbocycles. The summed E-state index contributed by atoms with van der Waals surface area (Å²) >= 11 is 0. The van der Waals surface area contributed by atoms with Crippen LogP contribution in [0.3, 0.4) is 0 Å². The average molecular weight is 272 g/mol. The van der Waals surface area contributed by atoms with Gasteiger partial charge in [0, 0.05) is 25.8 Å². The molecule has 1 aromatic heterocycles. The van der Waals surface area contributed by atoms with Crippen molar-refractivity contribution in [3.05, 3.63) is 12.0 Å². The Morgan fingerprint density at radius 3 is 2.78 bits per heavy atom. The van der Waals surface area contributed by atoms with Crippen LogP contribution in [0, 0.1) is 12.8 Å². The fraction of sp³-hybridized carbons (Fsp3) is 0.727. The molecule has 0 spiro atoms. The second-order valence-corrected chi connectivity index (χ2v) is 6.55. The summed E-state index contributed by atoms with van der Waals surface area (Å²) in [7, 11) is -3.45. The van der Waals surface area contributed by atoms with E-state index in [9.17, 15) is 8.42 Å². The molecule has 18 heavy (non-hydrogen) atoms. The molecular weight excluding hydrogens is 252 g/mol. The van der Waals surface area contributed by atoms with Gasteiger partial charge in [-0.05, 0) is 32.7 Å². The van der Waals surface area contributed by atoms with E-state index in [0.29, 0.717) is 19.6 Å². The lowest BCUT2D eigenvalue weighted by atomic mass is 10.1. The molecule has 0 radical (unpaired) electrons. The van der Waals surface area contributed by atoms with E-state index >= 15 is 0 Å². The van der Waals surface area contributed by atoms with E-state index < -0.39 is 10.0 Å². The van der Waals surface area contributed by atoms with Crippen LogP contribution in [-0.4, -0.2) is 41.9 Å². The van der Waals surface area contributed by atoms with Gasteiger partial charge < -0.3 is 10.3 Å². The van der Waals surface area contributed by atoms with Crippen LogP contribution in [0.4, 0.5) is 0 Å². The third-order valence-corrected chi connectivity index (χ3v) is 5.22. The highest BCUT2D eigenvalue weighted by molar-refractivity contribution is 7.89. The summed E-state index contributed by atoms with van der Waals surface area (Å²) in [6, 6.07) is 0. The van der Waals surface area contributed by atoms with Crippen LogP contribution in [0.25, 0.3) is 0 Å². The summed E-state index contributed by atoms with van der Waals surface area (Å²) in [5.74, 6) is 1.000. The van der Waals surface area contributed by atoms with Crippen LogP contribution in [0.5, 0.6) is 0 Å². The Balaban J connectivity index is 2.25. The first-order valence-corrected chi connectivity index (χ1v) is 7.67. The molecule has 0 amide bonds. The molecule has 2 rings (SSSR count). The molecule has 1 aliphatic rings. The summed E-state index contributed by atoms with van der Waals surface area (Å²) in [5.41, 5.74) is 5.59. The Kier molecular flexibility index (Phi) is 3.74. The van der Waals surface area contributed by atoms with Crippen LogP contribution in [-0.2, 0) is 16.6 Å². The average Bonchev–Trinajstić information content (AvgIpc) is 2.95. The SMILES string of the molecule is CCn1cc(S(=O)(=O)N2CCC(CN)C2)nc1C. The van der Waals surface area contributed by atoms with Crippen LogP contribution in [0.2, 0.25) is 0 Å². The molecule has 0 bridgehead atoms.